The highest BCUT2D eigenvalue weighted by molar-refractivity contribution is 9.10. The first-order valence-corrected chi connectivity index (χ1v) is 11.3. The predicted molar refractivity (Wildman–Crippen MR) is 125 cm³/mol. The number of methoxy groups -OCH3 is 1. The summed E-state index contributed by atoms with van der Waals surface area (Å²) in [6, 6.07) is 18.7. The molecule has 3 aromatic rings. The van der Waals surface area contributed by atoms with Crippen LogP contribution in [0, 0.1) is 0 Å². The maximum atomic E-state index is 13.5. The zero-order valence-corrected chi connectivity index (χ0v) is 19.3. The number of amides is 1. The number of anilines is 1. The van der Waals surface area contributed by atoms with Crippen LogP contribution >= 0.6 is 27.5 Å². The number of hydrazone groups is 1. The molecule has 1 spiro atoms. The summed E-state index contributed by atoms with van der Waals surface area (Å²) in [4.78, 5) is 13.5. The molecule has 3 aliphatic heterocycles. The molecule has 3 aliphatic rings. The summed E-state index contributed by atoms with van der Waals surface area (Å²) in [5.41, 5.74) is 2.70. The molecule has 2 atom stereocenters. The summed E-state index contributed by atoms with van der Waals surface area (Å²) in [6.07, 6.45) is 0.599. The largest absolute Gasteiger partial charge is 0.497 e. The van der Waals surface area contributed by atoms with Gasteiger partial charge in [-0.25, -0.2) is 5.01 Å². The van der Waals surface area contributed by atoms with Crippen molar-refractivity contribution in [3.8, 4) is 11.5 Å². The van der Waals surface area contributed by atoms with Crippen molar-refractivity contribution in [2.75, 3.05) is 12.4 Å². The zero-order chi connectivity index (χ0) is 22.0. The van der Waals surface area contributed by atoms with Crippen molar-refractivity contribution in [1.82, 2.24) is 5.01 Å². The van der Waals surface area contributed by atoms with Crippen LogP contribution in [0.2, 0.25) is 5.02 Å². The maximum absolute atomic E-state index is 13.5. The first kappa shape index (κ1) is 19.6. The minimum Gasteiger partial charge on any atom is -0.497 e. The highest BCUT2D eigenvalue weighted by Crippen LogP contribution is 2.54. The maximum Gasteiger partial charge on any atom is 0.306 e. The van der Waals surface area contributed by atoms with Gasteiger partial charge in [-0.05, 0) is 48.5 Å². The number of hydrogen-bond donors (Lipinski definition) is 1. The van der Waals surface area contributed by atoms with Crippen molar-refractivity contribution in [3.05, 3.63) is 86.8 Å². The SMILES string of the molecule is COc1cccc(C2=NN3[C@@H](C2)c2cc(Cl)ccc2O[C@]32C(=O)Nc3ccc(Br)cc32)c1. The molecule has 0 aliphatic carbocycles. The number of benzene rings is 3. The molecule has 3 heterocycles. The number of hydrogen-bond acceptors (Lipinski definition) is 5. The van der Waals surface area contributed by atoms with Gasteiger partial charge in [0, 0.05) is 27.0 Å². The lowest BCUT2D eigenvalue weighted by Crippen LogP contribution is -2.55. The van der Waals surface area contributed by atoms with Gasteiger partial charge in [0.2, 0.25) is 0 Å². The number of fused-ring (bicyclic) bond motifs is 6. The molecule has 6 rings (SSSR count). The lowest BCUT2D eigenvalue weighted by molar-refractivity contribution is -0.161. The van der Waals surface area contributed by atoms with Crippen molar-refractivity contribution < 1.29 is 14.3 Å². The van der Waals surface area contributed by atoms with Gasteiger partial charge in [0.1, 0.15) is 11.5 Å². The average molecular weight is 511 g/mol. The number of nitrogens with one attached hydrogen (secondary N) is 1. The van der Waals surface area contributed by atoms with Crippen molar-refractivity contribution in [2.24, 2.45) is 5.10 Å². The Balaban J connectivity index is 1.57. The number of ether oxygens (including phenoxy) is 2. The summed E-state index contributed by atoms with van der Waals surface area (Å²) < 4.78 is 12.7. The van der Waals surface area contributed by atoms with E-state index in [0.717, 1.165) is 32.6 Å². The lowest BCUT2D eigenvalue weighted by atomic mass is 9.92. The van der Waals surface area contributed by atoms with Crippen LogP contribution in [-0.2, 0) is 10.5 Å². The number of halogens is 2. The van der Waals surface area contributed by atoms with E-state index in [9.17, 15) is 4.79 Å². The van der Waals surface area contributed by atoms with Gasteiger partial charge in [0.15, 0.2) is 0 Å². The van der Waals surface area contributed by atoms with Crippen LogP contribution in [0.25, 0.3) is 0 Å². The van der Waals surface area contributed by atoms with Gasteiger partial charge < -0.3 is 14.8 Å². The fourth-order valence-corrected chi connectivity index (χ4v) is 5.20. The monoisotopic (exact) mass is 509 g/mol. The van der Waals surface area contributed by atoms with Gasteiger partial charge in [-0.15, -0.1) is 0 Å². The summed E-state index contributed by atoms with van der Waals surface area (Å²) in [7, 11) is 1.64. The van der Waals surface area contributed by atoms with Crippen molar-refractivity contribution in [1.29, 1.82) is 0 Å². The van der Waals surface area contributed by atoms with Gasteiger partial charge in [-0.1, -0.05) is 39.7 Å². The van der Waals surface area contributed by atoms with E-state index in [1.165, 1.54) is 0 Å². The second-order valence-electron chi connectivity index (χ2n) is 7.92. The first-order chi connectivity index (χ1) is 15.5. The van der Waals surface area contributed by atoms with Gasteiger partial charge in [0.05, 0.1) is 30.1 Å². The van der Waals surface area contributed by atoms with Gasteiger partial charge >= 0.3 is 5.72 Å². The Bertz CT molecular complexity index is 1330. The molecule has 0 bridgehead atoms. The molecule has 32 heavy (non-hydrogen) atoms. The van der Waals surface area contributed by atoms with Crippen LogP contribution in [0.1, 0.15) is 29.2 Å². The topological polar surface area (TPSA) is 63.2 Å². The van der Waals surface area contributed by atoms with Gasteiger partial charge in [-0.2, -0.15) is 5.10 Å². The summed E-state index contributed by atoms with van der Waals surface area (Å²) in [6.45, 7) is 0. The fraction of sp³-hybridized carbons (Fsp3) is 0.167. The normalized spacial score (nSPS) is 22.6. The average Bonchev–Trinajstić information content (AvgIpc) is 3.36. The highest BCUT2D eigenvalue weighted by atomic mass is 79.9. The molecule has 3 aromatic carbocycles. The fourth-order valence-electron chi connectivity index (χ4n) is 4.66. The predicted octanol–water partition coefficient (Wildman–Crippen LogP) is 5.46. The molecule has 1 amide bonds. The van der Waals surface area contributed by atoms with Crippen LogP contribution in [0.4, 0.5) is 5.69 Å². The number of nitrogens with zero attached hydrogens (tertiary/aromatic N) is 2. The molecular weight excluding hydrogens is 494 g/mol. The Morgan fingerprint density at radius 1 is 1.22 bits per heavy atom. The Morgan fingerprint density at radius 3 is 2.94 bits per heavy atom. The van der Waals surface area contributed by atoms with Crippen molar-refractivity contribution in [3.63, 3.8) is 0 Å². The molecule has 0 radical (unpaired) electrons. The molecule has 160 valence electrons. The number of carbonyl (C=O) groups is 1. The third kappa shape index (κ3) is 2.71. The minimum absolute atomic E-state index is 0.214. The molecule has 6 nitrogen and oxygen atoms in total. The summed E-state index contributed by atoms with van der Waals surface area (Å²) in [5, 5.41) is 10.3. The molecule has 1 N–H and O–H groups in total. The van der Waals surface area contributed by atoms with E-state index in [-0.39, 0.29) is 11.9 Å². The van der Waals surface area contributed by atoms with Gasteiger partial charge in [-0.3, -0.25) is 4.79 Å². The smallest absolute Gasteiger partial charge is 0.306 e. The molecule has 0 saturated heterocycles. The molecule has 0 aromatic heterocycles. The Labute approximate surface area is 197 Å². The Morgan fingerprint density at radius 2 is 2.09 bits per heavy atom. The summed E-state index contributed by atoms with van der Waals surface area (Å²) >= 11 is 9.86. The standard InChI is InChI=1S/C24H17BrClN3O3/c1-31-16-4-2-3-13(9-16)20-12-21-17-11-15(26)6-8-22(17)32-24(29(21)28-20)18-10-14(25)5-7-19(18)27-23(24)30/h2-11,21H,12H2,1H3,(H,27,30)/t21-,24+/m0/s1. The molecule has 0 unspecified atom stereocenters. The number of rotatable bonds is 2. The molecular formula is C24H17BrClN3O3. The lowest BCUT2D eigenvalue weighted by Gasteiger charge is -2.44. The van der Waals surface area contributed by atoms with Crippen LogP contribution in [0.15, 0.2) is 70.2 Å². The van der Waals surface area contributed by atoms with Crippen LogP contribution in [0.5, 0.6) is 11.5 Å². The van der Waals surface area contributed by atoms with Crippen LogP contribution in [0.3, 0.4) is 0 Å². The Kier molecular flexibility index (Phi) is 4.29. The third-order valence-electron chi connectivity index (χ3n) is 6.13. The van der Waals surface area contributed by atoms with E-state index in [1.807, 2.05) is 54.6 Å². The van der Waals surface area contributed by atoms with E-state index < -0.39 is 5.72 Å². The first-order valence-electron chi connectivity index (χ1n) is 10.1. The van der Waals surface area contributed by atoms with Crippen LogP contribution < -0.4 is 14.8 Å². The summed E-state index contributed by atoms with van der Waals surface area (Å²) in [5.74, 6) is 1.10. The quantitative estimate of drug-likeness (QED) is 0.497. The van der Waals surface area contributed by atoms with Crippen molar-refractivity contribution in [2.45, 2.75) is 18.2 Å². The second-order valence-corrected chi connectivity index (χ2v) is 9.27. The van der Waals surface area contributed by atoms with E-state index in [2.05, 4.69) is 21.2 Å². The molecule has 0 fully saturated rings. The third-order valence-corrected chi connectivity index (χ3v) is 6.86. The highest BCUT2D eigenvalue weighted by Gasteiger charge is 2.61. The zero-order valence-electron chi connectivity index (χ0n) is 16.9. The number of carbonyl (C=O) groups excluding carboxylic acids is 1. The van der Waals surface area contributed by atoms with E-state index in [0.29, 0.717) is 22.9 Å². The Hall–Kier alpha value is -3.03. The van der Waals surface area contributed by atoms with Crippen molar-refractivity contribution >= 4 is 44.8 Å². The van der Waals surface area contributed by atoms with E-state index in [1.54, 1.807) is 18.2 Å². The van der Waals surface area contributed by atoms with Crippen LogP contribution in [-0.4, -0.2) is 23.7 Å². The molecule has 0 saturated carbocycles. The second kappa shape index (κ2) is 6.98. The minimum atomic E-state index is -1.41. The van der Waals surface area contributed by atoms with Gasteiger partial charge in [0.25, 0.3) is 5.91 Å². The van der Waals surface area contributed by atoms with E-state index >= 15 is 0 Å². The molecule has 8 heteroatoms. The van der Waals surface area contributed by atoms with E-state index in [4.69, 9.17) is 26.2 Å².